The van der Waals surface area contributed by atoms with Crippen molar-refractivity contribution >= 4 is 26.6 Å². The Morgan fingerprint density at radius 2 is 1.63 bits per heavy atom. The highest BCUT2D eigenvalue weighted by Gasteiger charge is 2.18. The van der Waals surface area contributed by atoms with Crippen LogP contribution in [0.4, 0.5) is 10.2 Å². The molecule has 5 rings (SSSR count). The number of hydrogen-bond acceptors (Lipinski definition) is 6. The molecule has 0 aliphatic heterocycles. The van der Waals surface area contributed by atoms with Gasteiger partial charge in [0.05, 0.1) is 0 Å². The van der Waals surface area contributed by atoms with Gasteiger partial charge in [-0.1, -0.05) is 66.7 Å². The van der Waals surface area contributed by atoms with E-state index >= 15 is 0 Å². The van der Waals surface area contributed by atoms with Crippen molar-refractivity contribution in [2.45, 2.75) is 11.4 Å². The molecule has 0 spiro atoms. The van der Waals surface area contributed by atoms with Crippen LogP contribution < -0.4 is 10.5 Å². The molecule has 2 heterocycles. The molecule has 3 N–H and O–H groups in total. The second-order valence-corrected chi connectivity index (χ2v) is 9.45. The van der Waals surface area contributed by atoms with E-state index in [1.807, 2.05) is 48.5 Å². The van der Waals surface area contributed by atoms with Gasteiger partial charge in [-0.05, 0) is 23.3 Å². The smallest absolute Gasteiger partial charge is 0.239 e. The average Bonchev–Trinajstić information content (AvgIpc) is 2.88. The molecule has 0 fully saturated rings. The lowest BCUT2D eigenvalue weighted by molar-refractivity contribution is 0.597. The molecule has 0 aliphatic rings. The van der Waals surface area contributed by atoms with Crippen LogP contribution in [-0.2, 0) is 16.6 Å². The predicted octanol–water partition coefficient (Wildman–Crippen LogP) is 4.76. The maximum atomic E-state index is 14.2. The molecule has 7 nitrogen and oxygen atoms in total. The van der Waals surface area contributed by atoms with Crippen molar-refractivity contribution < 1.29 is 12.8 Å². The molecule has 0 saturated heterocycles. The Labute approximate surface area is 201 Å². The lowest BCUT2D eigenvalue weighted by Gasteiger charge is -2.15. The van der Waals surface area contributed by atoms with Gasteiger partial charge in [0, 0.05) is 40.8 Å². The van der Waals surface area contributed by atoms with Gasteiger partial charge in [-0.25, -0.2) is 17.9 Å². The van der Waals surface area contributed by atoms with E-state index in [2.05, 4.69) is 20.5 Å². The van der Waals surface area contributed by atoms with Gasteiger partial charge in [-0.15, -0.1) is 10.2 Å². The van der Waals surface area contributed by atoms with Gasteiger partial charge >= 0.3 is 0 Å². The van der Waals surface area contributed by atoms with Crippen molar-refractivity contribution in [2.24, 2.45) is 5.14 Å². The monoisotopic (exact) mass is 485 g/mol. The number of pyridine rings is 1. The van der Waals surface area contributed by atoms with E-state index in [0.717, 1.165) is 21.9 Å². The molecule has 9 heteroatoms. The van der Waals surface area contributed by atoms with Crippen LogP contribution in [0.5, 0.6) is 0 Å². The number of nitrogens with two attached hydrogens (primary N) is 1. The second kappa shape index (κ2) is 9.21. The third kappa shape index (κ3) is 4.59. The highest BCUT2D eigenvalue weighted by Crippen LogP contribution is 2.37. The lowest BCUT2D eigenvalue weighted by atomic mass is 9.96. The maximum Gasteiger partial charge on any atom is 0.239 e. The van der Waals surface area contributed by atoms with E-state index < -0.39 is 10.0 Å². The number of benzene rings is 3. The zero-order valence-corrected chi connectivity index (χ0v) is 19.2. The number of rotatable bonds is 6. The Bertz CT molecular complexity index is 1640. The summed E-state index contributed by atoms with van der Waals surface area (Å²) >= 11 is 0. The van der Waals surface area contributed by atoms with Crippen molar-refractivity contribution in [3.8, 4) is 22.4 Å². The number of fused-ring (bicyclic) bond motifs is 1. The van der Waals surface area contributed by atoms with Crippen molar-refractivity contribution in [1.82, 2.24) is 15.2 Å². The molecule has 0 amide bonds. The molecule has 0 saturated carbocycles. The highest BCUT2D eigenvalue weighted by molar-refractivity contribution is 7.89. The summed E-state index contributed by atoms with van der Waals surface area (Å²) in [4.78, 5) is 3.92. The third-order valence-electron chi connectivity index (χ3n) is 5.61. The third-order valence-corrected chi connectivity index (χ3v) is 6.49. The number of nitrogens with zero attached hydrogens (tertiary/aromatic N) is 3. The summed E-state index contributed by atoms with van der Waals surface area (Å²) in [6, 6.07) is 23.5. The summed E-state index contributed by atoms with van der Waals surface area (Å²) in [6.45, 7) is 0.210. The van der Waals surface area contributed by atoms with Gasteiger partial charge in [0.25, 0.3) is 0 Å². The van der Waals surface area contributed by atoms with E-state index in [0.29, 0.717) is 22.6 Å². The van der Waals surface area contributed by atoms with Gasteiger partial charge in [0.2, 0.25) is 10.0 Å². The highest BCUT2D eigenvalue weighted by atomic mass is 32.2. The van der Waals surface area contributed by atoms with Crippen LogP contribution >= 0.6 is 0 Å². The molecule has 5 aromatic rings. The minimum Gasteiger partial charge on any atom is -0.364 e. The van der Waals surface area contributed by atoms with Gasteiger partial charge < -0.3 is 5.32 Å². The van der Waals surface area contributed by atoms with Crippen molar-refractivity contribution in [3.63, 3.8) is 0 Å². The van der Waals surface area contributed by atoms with E-state index in [9.17, 15) is 12.8 Å². The van der Waals surface area contributed by atoms with Crippen LogP contribution in [0, 0.1) is 5.82 Å². The van der Waals surface area contributed by atoms with Crippen LogP contribution in [0.15, 0.2) is 96.2 Å². The van der Waals surface area contributed by atoms with Crippen molar-refractivity contribution in [3.05, 3.63) is 103 Å². The van der Waals surface area contributed by atoms with Crippen LogP contribution in [0.25, 0.3) is 33.2 Å². The fourth-order valence-corrected chi connectivity index (χ4v) is 4.43. The quantitative estimate of drug-likeness (QED) is 0.359. The standard InChI is InChI=1S/C26H20FN5O2S/c27-23-12-5-4-9-18(23)15-30-26-24-21(17-7-2-1-3-8-17)10-6-11-22(24)25(31-32-26)19-13-20(16-29-14-19)35(28,33)34/h1-14,16H,15H2,(H,30,32)(H2,28,33,34). The first-order valence-electron chi connectivity index (χ1n) is 10.7. The summed E-state index contributed by atoms with van der Waals surface area (Å²) < 4.78 is 38.0. The molecular weight excluding hydrogens is 465 g/mol. The minimum atomic E-state index is -3.95. The molecule has 174 valence electrons. The largest absolute Gasteiger partial charge is 0.364 e. The number of anilines is 1. The average molecular weight is 486 g/mol. The zero-order chi connectivity index (χ0) is 24.4. The molecule has 2 aromatic heterocycles. The van der Waals surface area contributed by atoms with Crippen LogP contribution in [0.1, 0.15) is 5.56 Å². The Hall–Kier alpha value is -4.21. The molecule has 0 atom stereocenters. The topological polar surface area (TPSA) is 111 Å². The fourth-order valence-electron chi connectivity index (χ4n) is 3.93. The van der Waals surface area contributed by atoms with Gasteiger partial charge in [0.1, 0.15) is 16.4 Å². The number of sulfonamides is 1. The van der Waals surface area contributed by atoms with E-state index in [4.69, 9.17) is 5.14 Å². The maximum absolute atomic E-state index is 14.2. The zero-order valence-electron chi connectivity index (χ0n) is 18.4. The lowest BCUT2D eigenvalue weighted by Crippen LogP contribution is -2.12. The van der Waals surface area contributed by atoms with Crippen molar-refractivity contribution in [2.75, 3.05) is 5.32 Å². The molecule has 0 aliphatic carbocycles. The van der Waals surface area contributed by atoms with Crippen LogP contribution in [0.3, 0.4) is 0 Å². The normalized spacial score (nSPS) is 11.5. The number of halogens is 1. The summed E-state index contributed by atoms with van der Waals surface area (Å²) in [5.41, 5.74) is 3.26. The number of hydrogen-bond donors (Lipinski definition) is 2. The SMILES string of the molecule is NS(=O)(=O)c1cncc(-c2nnc(NCc3ccccc3F)c3c(-c4ccccc4)cccc23)c1. The molecular formula is C26H20FN5O2S. The Balaban J connectivity index is 1.71. The summed E-state index contributed by atoms with van der Waals surface area (Å²) in [5, 5.41) is 18.8. The number of aromatic nitrogens is 3. The fraction of sp³-hybridized carbons (Fsp3) is 0.0385. The summed E-state index contributed by atoms with van der Waals surface area (Å²) in [6.07, 6.45) is 2.70. The Morgan fingerprint density at radius 3 is 2.40 bits per heavy atom. The van der Waals surface area contributed by atoms with Crippen LogP contribution in [0.2, 0.25) is 0 Å². The number of nitrogens with one attached hydrogen (secondary N) is 1. The first-order valence-corrected chi connectivity index (χ1v) is 12.3. The van der Waals surface area contributed by atoms with E-state index in [1.54, 1.807) is 18.2 Å². The Kier molecular flexibility index (Phi) is 5.94. The minimum absolute atomic E-state index is 0.120. The summed E-state index contributed by atoms with van der Waals surface area (Å²) in [7, 11) is -3.95. The molecule has 3 aromatic carbocycles. The number of primary sulfonamides is 1. The molecule has 35 heavy (non-hydrogen) atoms. The van der Waals surface area contributed by atoms with Gasteiger partial charge in [-0.2, -0.15) is 0 Å². The van der Waals surface area contributed by atoms with Gasteiger partial charge in [-0.3, -0.25) is 4.98 Å². The second-order valence-electron chi connectivity index (χ2n) is 7.89. The van der Waals surface area contributed by atoms with E-state index in [1.165, 1.54) is 24.5 Å². The predicted molar refractivity (Wildman–Crippen MR) is 133 cm³/mol. The molecule has 0 bridgehead atoms. The van der Waals surface area contributed by atoms with E-state index in [-0.39, 0.29) is 17.3 Å². The van der Waals surface area contributed by atoms with Crippen LogP contribution in [-0.4, -0.2) is 23.6 Å². The molecule has 0 unspecified atom stereocenters. The first kappa shape index (κ1) is 22.6. The summed E-state index contributed by atoms with van der Waals surface area (Å²) in [5.74, 6) is 0.157. The molecule has 0 radical (unpaired) electrons. The van der Waals surface area contributed by atoms with Crippen molar-refractivity contribution in [1.29, 1.82) is 0 Å². The Morgan fingerprint density at radius 1 is 0.857 bits per heavy atom. The first-order chi connectivity index (χ1) is 16.9. The van der Waals surface area contributed by atoms with Gasteiger partial charge in [0.15, 0.2) is 5.82 Å².